The number of H-pyrrole nitrogens is 1. The maximum absolute atomic E-state index is 13.6. The number of aromatic nitrogens is 3. The first-order valence-electron chi connectivity index (χ1n) is 8.28. The fraction of sp³-hybridized carbons (Fsp3) is 0.167. The van der Waals surface area contributed by atoms with Crippen molar-refractivity contribution < 1.29 is 13.9 Å². The summed E-state index contributed by atoms with van der Waals surface area (Å²) in [5, 5.41) is 13.7. The first kappa shape index (κ1) is 18.5. The summed E-state index contributed by atoms with van der Waals surface area (Å²) in [4.78, 5) is 14.3. The average Bonchev–Trinajstić information content (AvgIpc) is 3.18. The van der Waals surface area contributed by atoms with E-state index in [1.165, 1.54) is 23.2 Å². The van der Waals surface area contributed by atoms with Crippen LogP contribution in [0.15, 0.2) is 36.5 Å². The number of hydrogen-bond acceptors (Lipinski definition) is 5. The minimum absolute atomic E-state index is 0.112. The maximum Gasteiger partial charge on any atom is 0.249 e. The zero-order valence-corrected chi connectivity index (χ0v) is 16.1. The molecule has 2 aromatic carbocycles. The van der Waals surface area contributed by atoms with Crippen LogP contribution >= 0.6 is 23.2 Å². The van der Waals surface area contributed by atoms with Crippen LogP contribution in [-0.4, -0.2) is 34.4 Å². The number of hydrogen-bond donors (Lipinski definition) is 2. The van der Waals surface area contributed by atoms with Gasteiger partial charge in [0.05, 0.1) is 21.9 Å². The van der Waals surface area contributed by atoms with Crippen molar-refractivity contribution in [3.05, 3.63) is 58.0 Å². The number of rotatable bonds is 4. The van der Waals surface area contributed by atoms with E-state index in [1.807, 2.05) is 6.07 Å². The highest BCUT2D eigenvalue weighted by atomic mass is 35.5. The van der Waals surface area contributed by atoms with Crippen LogP contribution in [0.3, 0.4) is 0 Å². The maximum atomic E-state index is 13.6. The molecular formula is C18H14Cl2FN5O2. The SMILES string of the molecule is CN1C(=O)[C@H](Nc2cn[nH]n2)Cc2ccc(Cl)c(Oc3cc(F)ccc3Cl)c21. The van der Waals surface area contributed by atoms with Crippen molar-refractivity contribution in [1.82, 2.24) is 15.4 Å². The van der Waals surface area contributed by atoms with Crippen molar-refractivity contribution >= 4 is 40.6 Å². The molecule has 1 atom stereocenters. The van der Waals surface area contributed by atoms with E-state index in [9.17, 15) is 9.18 Å². The second kappa shape index (κ2) is 7.29. The van der Waals surface area contributed by atoms with Gasteiger partial charge < -0.3 is 15.0 Å². The second-order valence-corrected chi connectivity index (χ2v) is 7.03. The van der Waals surface area contributed by atoms with Gasteiger partial charge in [0.25, 0.3) is 0 Å². The molecule has 1 aliphatic heterocycles. The van der Waals surface area contributed by atoms with E-state index in [0.29, 0.717) is 17.9 Å². The number of nitrogens with zero attached hydrogens (tertiary/aromatic N) is 3. The minimum atomic E-state index is -0.533. The third-order valence-corrected chi connectivity index (χ3v) is 5.01. The molecule has 0 saturated heterocycles. The number of nitrogens with one attached hydrogen (secondary N) is 2. The molecular weight excluding hydrogens is 408 g/mol. The van der Waals surface area contributed by atoms with Crippen molar-refractivity contribution in [3.8, 4) is 11.5 Å². The number of likely N-dealkylation sites (N-methyl/N-ethyl adjacent to an activating group) is 1. The third kappa shape index (κ3) is 3.36. The van der Waals surface area contributed by atoms with E-state index in [1.54, 1.807) is 13.1 Å². The van der Waals surface area contributed by atoms with Crippen LogP contribution in [0.25, 0.3) is 0 Å². The standard InChI is InChI=1S/C18H14Cl2FN5O2/c1-26-16-9(6-13(18(26)27)23-15-8-22-25-24-15)2-4-12(20)17(16)28-14-7-10(21)3-5-11(14)19/h2-5,7-8,13H,6H2,1H3,(H2,22,23,24,25)/t13-/m1/s1. The highest BCUT2D eigenvalue weighted by Crippen LogP contribution is 2.44. The number of fused-ring (bicyclic) bond motifs is 1. The second-order valence-electron chi connectivity index (χ2n) is 6.21. The van der Waals surface area contributed by atoms with E-state index >= 15 is 0 Å². The Labute approximate surface area is 169 Å². The summed E-state index contributed by atoms with van der Waals surface area (Å²) in [5.41, 5.74) is 1.34. The summed E-state index contributed by atoms with van der Waals surface area (Å²) < 4.78 is 19.4. The number of benzene rings is 2. The molecule has 4 rings (SSSR count). The first-order valence-corrected chi connectivity index (χ1v) is 9.04. The molecule has 7 nitrogen and oxygen atoms in total. The van der Waals surface area contributed by atoms with Crippen LogP contribution < -0.4 is 15.0 Å². The molecule has 0 unspecified atom stereocenters. The minimum Gasteiger partial charge on any atom is -0.452 e. The van der Waals surface area contributed by atoms with Crippen LogP contribution in [0, 0.1) is 5.82 Å². The van der Waals surface area contributed by atoms with Crippen molar-refractivity contribution in [2.24, 2.45) is 0 Å². The zero-order valence-electron chi connectivity index (χ0n) is 14.5. The van der Waals surface area contributed by atoms with E-state index in [0.717, 1.165) is 11.6 Å². The summed E-state index contributed by atoms with van der Waals surface area (Å²) in [6.45, 7) is 0. The largest absolute Gasteiger partial charge is 0.452 e. The van der Waals surface area contributed by atoms with Crippen molar-refractivity contribution in [2.45, 2.75) is 12.5 Å². The first-order chi connectivity index (χ1) is 13.4. The van der Waals surface area contributed by atoms with Crippen LogP contribution in [0.1, 0.15) is 5.56 Å². The number of anilines is 2. The molecule has 0 saturated carbocycles. The van der Waals surface area contributed by atoms with Gasteiger partial charge in [0.15, 0.2) is 11.6 Å². The molecule has 0 spiro atoms. The van der Waals surface area contributed by atoms with E-state index in [4.69, 9.17) is 27.9 Å². The van der Waals surface area contributed by atoms with Crippen LogP contribution in [0.2, 0.25) is 10.0 Å². The number of amides is 1. The Hall–Kier alpha value is -2.84. The highest BCUT2D eigenvalue weighted by Gasteiger charge is 2.34. The fourth-order valence-electron chi connectivity index (χ4n) is 3.10. The lowest BCUT2D eigenvalue weighted by Gasteiger charge is -2.33. The lowest BCUT2D eigenvalue weighted by molar-refractivity contribution is -0.119. The van der Waals surface area contributed by atoms with Gasteiger partial charge >= 0.3 is 0 Å². The quantitative estimate of drug-likeness (QED) is 0.663. The summed E-state index contributed by atoms with van der Waals surface area (Å²) in [5.74, 6) is 0.116. The monoisotopic (exact) mass is 421 g/mol. The van der Waals surface area contributed by atoms with Gasteiger partial charge in [-0.15, -0.1) is 5.10 Å². The predicted octanol–water partition coefficient (Wildman–Crippen LogP) is 4.04. The van der Waals surface area contributed by atoms with Gasteiger partial charge in [0.1, 0.15) is 17.6 Å². The molecule has 0 aliphatic carbocycles. The molecule has 10 heteroatoms. The molecule has 1 aromatic heterocycles. The fourth-order valence-corrected chi connectivity index (χ4v) is 3.44. The Morgan fingerprint density at radius 1 is 1.29 bits per heavy atom. The van der Waals surface area contributed by atoms with Crippen molar-refractivity contribution in [3.63, 3.8) is 0 Å². The molecule has 1 amide bonds. The number of aromatic amines is 1. The lowest BCUT2D eigenvalue weighted by atomic mass is 9.97. The normalized spacial score (nSPS) is 16.1. The number of ether oxygens (including phenoxy) is 1. The van der Waals surface area contributed by atoms with Gasteiger partial charge in [0, 0.05) is 19.5 Å². The van der Waals surface area contributed by atoms with Gasteiger partial charge in [-0.25, -0.2) is 4.39 Å². The smallest absolute Gasteiger partial charge is 0.249 e. The Kier molecular flexibility index (Phi) is 4.82. The Bertz CT molecular complexity index is 1040. The topological polar surface area (TPSA) is 83.1 Å². The van der Waals surface area contributed by atoms with E-state index in [-0.39, 0.29) is 27.5 Å². The lowest BCUT2D eigenvalue weighted by Crippen LogP contribution is -2.46. The van der Waals surface area contributed by atoms with Gasteiger partial charge in [-0.05, 0) is 23.8 Å². The summed E-state index contributed by atoms with van der Waals surface area (Å²) in [7, 11) is 1.62. The van der Waals surface area contributed by atoms with Crippen LogP contribution in [0.4, 0.5) is 15.9 Å². The molecule has 0 radical (unpaired) electrons. The summed E-state index contributed by atoms with van der Waals surface area (Å²) >= 11 is 12.4. The number of carbonyl (C=O) groups is 1. The van der Waals surface area contributed by atoms with Gasteiger partial charge in [0.2, 0.25) is 5.91 Å². The molecule has 0 fully saturated rings. The molecule has 2 N–H and O–H groups in total. The average molecular weight is 422 g/mol. The highest BCUT2D eigenvalue weighted by molar-refractivity contribution is 6.33. The van der Waals surface area contributed by atoms with Gasteiger partial charge in [-0.2, -0.15) is 10.3 Å². The third-order valence-electron chi connectivity index (χ3n) is 4.40. The van der Waals surface area contributed by atoms with Crippen molar-refractivity contribution in [2.75, 3.05) is 17.3 Å². The zero-order chi connectivity index (χ0) is 19.8. The molecule has 144 valence electrons. The molecule has 3 aromatic rings. The van der Waals surface area contributed by atoms with Crippen LogP contribution in [-0.2, 0) is 11.2 Å². The number of carbonyl (C=O) groups excluding carboxylic acids is 1. The van der Waals surface area contributed by atoms with Gasteiger partial charge in [-0.1, -0.05) is 29.3 Å². The molecule has 1 aliphatic rings. The van der Waals surface area contributed by atoms with Crippen LogP contribution in [0.5, 0.6) is 11.5 Å². The van der Waals surface area contributed by atoms with E-state index in [2.05, 4.69) is 20.7 Å². The summed E-state index contributed by atoms with van der Waals surface area (Å²) in [6.07, 6.45) is 1.88. The molecule has 28 heavy (non-hydrogen) atoms. The Morgan fingerprint density at radius 2 is 2.07 bits per heavy atom. The molecule has 2 heterocycles. The Balaban J connectivity index is 1.71. The van der Waals surface area contributed by atoms with E-state index < -0.39 is 11.9 Å². The number of halogens is 3. The Morgan fingerprint density at radius 3 is 2.82 bits per heavy atom. The summed E-state index contributed by atoms with van der Waals surface area (Å²) in [6, 6.07) is 6.74. The molecule has 0 bridgehead atoms. The van der Waals surface area contributed by atoms with Crippen molar-refractivity contribution in [1.29, 1.82) is 0 Å². The predicted molar refractivity (Wildman–Crippen MR) is 104 cm³/mol. The van der Waals surface area contributed by atoms with Gasteiger partial charge in [-0.3, -0.25) is 4.79 Å².